The smallest absolute Gasteiger partial charge is 0.294 e. The first-order valence-electron chi connectivity index (χ1n) is 3.95. The van der Waals surface area contributed by atoms with Crippen LogP contribution in [0.2, 0.25) is 0 Å². The number of hydrogen-bond donors (Lipinski definition) is 1. The zero-order valence-electron chi connectivity index (χ0n) is 7.47. The van der Waals surface area contributed by atoms with E-state index >= 15 is 0 Å². The quantitative estimate of drug-likeness (QED) is 0.758. The van der Waals surface area contributed by atoms with Crippen molar-refractivity contribution >= 4 is 11.7 Å². The Morgan fingerprint density at radius 1 is 1.64 bits per heavy atom. The van der Waals surface area contributed by atoms with Crippen molar-refractivity contribution in [3.8, 4) is 0 Å². The summed E-state index contributed by atoms with van der Waals surface area (Å²) in [7, 11) is 1.73. The molecule has 0 aliphatic heterocycles. The summed E-state index contributed by atoms with van der Waals surface area (Å²) in [6, 6.07) is 1.69. The minimum atomic E-state index is -0.342. The van der Waals surface area contributed by atoms with Gasteiger partial charge in [-0.1, -0.05) is 0 Å². The number of nitrogens with zero attached hydrogens (tertiary/aromatic N) is 3. The molecule has 0 saturated carbocycles. The number of oxazole rings is 1. The van der Waals surface area contributed by atoms with E-state index in [0.29, 0.717) is 5.82 Å². The van der Waals surface area contributed by atoms with Gasteiger partial charge in [0.2, 0.25) is 5.76 Å². The number of carbonyl (C=O) groups excluding carboxylic acids is 1. The molecular weight excluding hydrogens is 184 g/mol. The molecule has 72 valence electrons. The zero-order chi connectivity index (χ0) is 9.97. The molecule has 2 heterocycles. The van der Waals surface area contributed by atoms with E-state index < -0.39 is 0 Å². The van der Waals surface area contributed by atoms with Crippen molar-refractivity contribution < 1.29 is 9.21 Å². The highest BCUT2D eigenvalue weighted by atomic mass is 16.3. The van der Waals surface area contributed by atoms with E-state index in [-0.39, 0.29) is 11.7 Å². The summed E-state index contributed by atoms with van der Waals surface area (Å²) < 4.78 is 6.38. The summed E-state index contributed by atoms with van der Waals surface area (Å²) >= 11 is 0. The molecule has 1 N–H and O–H groups in total. The minimum Gasteiger partial charge on any atom is -0.438 e. The highest BCUT2D eigenvalue weighted by Gasteiger charge is 2.10. The first-order chi connectivity index (χ1) is 6.77. The van der Waals surface area contributed by atoms with Crippen molar-refractivity contribution in [2.24, 2.45) is 7.05 Å². The third-order valence-corrected chi connectivity index (χ3v) is 1.72. The average Bonchev–Trinajstić information content (AvgIpc) is 2.77. The van der Waals surface area contributed by atoms with Crippen molar-refractivity contribution in [3.05, 3.63) is 30.6 Å². The van der Waals surface area contributed by atoms with Gasteiger partial charge in [-0.2, -0.15) is 5.10 Å². The predicted molar refractivity (Wildman–Crippen MR) is 47.7 cm³/mol. The molecule has 0 aromatic carbocycles. The minimum absolute atomic E-state index is 0.172. The largest absolute Gasteiger partial charge is 0.438 e. The lowest BCUT2D eigenvalue weighted by Crippen LogP contribution is -2.13. The van der Waals surface area contributed by atoms with Crippen molar-refractivity contribution in [1.82, 2.24) is 14.8 Å². The Balaban J connectivity index is 2.13. The number of carbonyl (C=O) groups is 1. The Morgan fingerprint density at radius 3 is 3.07 bits per heavy atom. The SMILES string of the molecule is Cn1nccc1NC(=O)c1cnco1. The summed E-state index contributed by atoms with van der Waals surface area (Å²) in [4.78, 5) is 15.1. The number of aryl methyl sites for hydroxylation is 1. The topological polar surface area (TPSA) is 73.0 Å². The van der Waals surface area contributed by atoms with Gasteiger partial charge in [0.25, 0.3) is 5.91 Å². The summed E-state index contributed by atoms with van der Waals surface area (Å²) in [6.07, 6.45) is 4.15. The molecule has 0 radical (unpaired) electrons. The standard InChI is InChI=1S/C8H8N4O2/c1-12-7(2-3-10-12)11-8(13)6-4-9-5-14-6/h2-5H,1H3,(H,11,13). The van der Waals surface area contributed by atoms with Gasteiger partial charge in [-0.3, -0.25) is 9.48 Å². The number of hydrogen-bond acceptors (Lipinski definition) is 4. The molecule has 0 aliphatic rings. The van der Waals surface area contributed by atoms with Crippen molar-refractivity contribution in [2.75, 3.05) is 5.32 Å². The first-order valence-corrected chi connectivity index (χ1v) is 3.95. The van der Waals surface area contributed by atoms with E-state index in [2.05, 4.69) is 15.4 Å². The predicted octanol–water partition coefficient (Wildman–Crippen LogP) is 0.660. The molecule has 1 amide bonds. The molecule has 6 nitrogen and oxygen atoms in total. The molecule has 0 fully saturated rings. The molecule has 6 heteroatoms. The Kier molecular flexibility index (Phi) is 2.02. The number of rotatable bonds is 2. The highest BCUT2D eigenvalue weighted by molar-refractivity contribution is 6.01. The number of anilines is 1. The summed E-state index contributed by atoms with van der Waals surface area (Å²) in [5, 5.41) is 6.53. The van der Waals surface area contributed by atoms with Crippen molar-refractivity contribution in [1.29, 1.82) is 0 Å². The van der Waals surface area contributed by atoms with Crippen molar-refractivity contribution in [2.45, 2.75) is 0 Å². The van der Waals surface area contributed by atoms with E-state index in [1.54, 1.807) is 24.0 Å². The third kappa shape index (κ3) is 1.49. The molecular formula is C8H8N4O2. The number of aromatic nitrogens is 3. The van der Waals surface area contributed by atoms with Crippen LogP contribution in [0.15, 0.2) is 29.3 Å². The van der Waals surface area contributed by atoms with Gasteiger partial charge in [-0.15, -0.1) is 0 Å². The number of nitrogens with one attached hydrogen (secondary N) is 1. The van der Waals surface area contributed by atoms with Crippen LogP contribution in [0.25, 0.3) is 0 Å². The van der Waals surface area contributed by atoms with E-state index in [1.165, 1.54) is 12.6 Å². The van der Waals surface area contributed by atoms with Gasteiger partial charge in [-0.25, -0.2) is 4.98 Å². The Bertz CT molecular complexity index is 432. The maximum absolute atomic E-state index is 11.4. The van der Waals surface area contributed by atoms with Crippen LogP contribution in [0.4, 0.5) is 5.82 Å². The Morgan fingerprint density at radius 2 is 2.50 bits per heavy atom. The summed E-state index contributed by atoms with van der Waals surface area (Å²) in [6.45, 7) is 0. The fourth-order valence-electron chi connectivity index (χ4n) is 1.00. The van der Waals surface area contributed by atoms with Crippen LogP contribution < -0.4 is 5.32 Å². The van der Waals surface area contributed by atoms with Gasteiger partial charge in [0.05, 0.1) is 12.4 Å². The van der Waals surface area contributed by atoms with Crippen LogP contribution in [-0.4, -0.2) is 20.7 Å². The van der Waals surface area contributed by atoms with E-state index in [9.17, 15) is 4.79 Å². The molecule has 2 aromatic heterocycles. The molecule has 0 bridgehead atoms. The molecule has 0 spiro atoms. The van der Waals surface area contributed by atoms with Crippen molar-refractivity contribution in [3.63, 3.8) is 0 Å². The zero-order valence-corrected chi connectivity index (χ0v) is 7.47. The van der Waals surface area contributed by atoms with Crippen LogP contribution in [-0.2, 0) is 7.05 Å². The van der Waals surface area contributed by atoms with Gasteiger partial charge in [0.1, 0.15) is 5.82 Å². The van der Waals surface area contributed by atoms with Crippen LogP contribution >= 0.6 is 0 Å². The third-order valence-electron chi connectivity index (χ3n) is 1.72. The first kappa shape index (κ1) is 8.49. The number of amides is 1. The normalized spacial score (nSPS) is 10.1. The second kappa shape index (κ2) is 3.33. The van der Waals surface area contributed by atoms with E-state index in [0.717, 1.165) is 0 Å². The molecule has 0 unspecified atom stereocenters. The maximum atomic E-state index is 11.4. The van der Waals surface area contributed by atoms with Gasteiger partial charge in [-0.05, 0) is 0 Å². The van der Waals surface area contributed by atoms with Gasteiger partial charge in [0, 0.05) is 13.1 Å². The fourth-order valence-corrected chi connectivity index (χ4v) is 1.00. The molecule has 2 rings (SSSR count). The van der Waals surface area contributed by atoms with Crippen LogP contribution in [0, 0.1) is 0 Å². The summed E-state index contributed by atoms with van der Waals surface area (Å²) in [5.41, 5.74) is 0. The van der Waals surface area contributed by atoms with Crippen LogP contribution in [0.1, 0.15) is 10.6 Å². The van der Waals surface area contributed by atoms with Gasteiger partial charge >= 0.3 is 0 Å². The molecule has 0 atom stereocenters. The average molecular weight is 192 g/mol. The lowest BCUT2D eigenvalue weighted by atomic mass is 10.4. The molecule has 0 aliphatic carbocycles. The molecule has 0 saturated heterocycles. The Labute approximate surface area is 79.6 Å². The van der Waals surface area contributed by atoms with Gasteiger partial charge in [0.15, 0.2) is 6.39 Å². The maximum Gasteiger partial charge on any atom is 0.294 e. The molecule has 2 aromatic rings. The lowest BCUT2D eigenvalue weighted by molar-refractivity contribution is 0.0995. The van der Waals surface area contributed by atoms with E-state index in [4.69, 9.17) is 4.42 Å². The molecule has 14 heavy (non-hydrogen) atoms. The second-order valence-electron chi connectivity index (χ2n) is 2.66. The highest BCUT2D eigenvalue weighted by Crippen LogP contribution is 2.06. The second-order valence-corrected chi connectivity index (χ2v) is 2.66. The monoisotopic (exact) mass is 192 g/mol. The van der Waals surface area contributed by atoms with E-state index in [1.807, 2.05) is 0 Å². The lowest BCUT2D eigenvalue weighted by Gasteiger charge is -2.01. The summed E-state index contributed by atoms with van der Waals surface area (Å²) in [5.74, 6) is 0.434. The van der Waals surface area contributed by atoms with Crippen LogP contribution in [0.3, 0.4) is 0 Å². The van der Waals surface area contributed by atoms with Crippen LogP contribution in [0.5, 0.6) is 0 Å². The fraction of sp³-hybridized carbons (Fsp3) is 0.125. The Hall–Kier alpha value is -2.11. The van der Waals surface area contributed by atoms with Gasteiger partial charge < -0.3 is 9.73 Å².